The van der Waals surface area contributed by atoms with E-state index >= 15 is 0 Å². The van der Waals surface area contributed by atoms with Crippen molar-refractivity contribution in [1.82, 2.24) is 0 Å². The highest BCUT2D eigenvalue weighted by molar-refractivity contribution is 7.99. The molecule has 0 aliphatic heterocycles. The largest absolute Gasteiger partial charge is 0.398 e. The standard InChI is InChI=1S/C11H14ClNS/c1-8(2)6-7-14-11-9(12)4-3-5-10(11)13/h3-6H,7,13H2,1-2H3. The van der Waals surface area contributed by atoms with Crippen LogP contribution in [0.5, 0.6) is 0 Å². The van der Waals surface area contributed by atoms with Gasteiger partial charge in [0.2, 0.25) is 0 Å². The van der Waals surface area contributed by atoms with Gasteiger partial charge in [-0.2, -0.15) is 0 Å². The second kappa shape index (κ2) is 5.32. The maximum atomic E-state index is 6.02. The normalized spacial score (nSPS) is 9.93. The van der Waals surface area contributed by atoms with E-state index in [2.05, 4.69) is 19.9 Å². The highest BCUT2D eigenvalue weighted by Gasteiger charge is 2.03. The van der Waals surface area contributed by atoms with E-state index in [-0.39, 0.29) is 0 Å². The maximum Gasteiger partial charge on any atom is 0.0562 e. The van der Waals surface area contributed by atoms with Gasteiger partial charge in [0.1, 0.15) is 0 Å². The summed E-state index contributed by atoms with van der Waals surface area (Å²) in [7, 11) is 0. The summed E-state index contributed by atoms with van der Waals surface area (Å²) >= 11 is 7.69. The highest BCUT2D eigenvalue weighted by Crippen LogP contribution is 2.32. The molecule has 1 nitrogen and oxygen atoms in total. The molecule has 0 saturated carbocycles. The van der Waals surface area contributed by atoms with Crippen LogP contribution in [0.4, 0.5) is 5.69 Å². The molecule has 0 aromatic heterocycles. The van der Waals surface area contributed by atoms with Crippen LogP contribution in [-0.4, -0.2) is 5.75 Å². The summed E-state index contributed by atoms with van der Waals surface area (Å²) in [6.07, 6.45) is 2.16. The molecule has 0 radical (unpaired) electrons. The second-order valence-electron chi connectivity index (χ2n) is 3.25. The van der Waals surface area contributed by atoms with Crippen LogP contribution in [0.15, 0.2) is 34.7 Å². The van der Waals surface area contributed by atoms with E-state index in [1.807, 2.05) is 18.2 Å². The summed E-state index contributed by atoms with van der Waals surface area (Å²) in [6.45, 7) is 4.16. The lowest BCUT2D eigenvalue weighted by Gasteiger charge is -2.05. The Kier molecular flexibility index (Phi) is 4.36. The molecule has 0 unspecified atom stereocenters. The van der Waals surface area contributed by atoms with Gasteiger partial charge in [-0.3, -0.25) is 0 Å². The first-order chi connectivity index (χ1) is 6.61. The SMILES string of the molecule is CC(C)=CCSc1c(N)cccc1Cl. The monoisotopic (exact) mass is 227 g/mol. The number of benzene rings is 1. The Balaban J connectivity index is 2.71. The Morgan fingerprint density at radius 2 is 2.21 bits per heavy atom. The van der Waals surface area contributed by atoms with Crippen molar-refractivity contribution in [2.75, 3.05) is 11.5 Å². The van der Waals surface area contributed by atoms with Crippen LogP contribution in [-0.2, 0) is 0 Å². The van der Waals surface area contributed by atoms with Gasteiger partial charge in [0.25, 0.3) is 0 Å². The molecular formula is C11H14ClNS. The zero-order chi connectivity index (χ0) is 10.6. The Bertz CT molecular complexity index is 323. The van der Waals surface area contributed by atoms with Crippen molar-refractivity contribution in [3.05, 3.63) is 34.9 Å². The van der Waals surface area contributed by atoms with Crippen LogP contribution >= 0.6 is 23.4 Å². The predicted octanol–water partition coefficient (Wildman–Crippen LogP) is 3.98. The number of anilines is 1. The average molecular weight is 228 g/mol. The van der Waals surface area contributed by atoms with Crippen LogP contribution in [0.3, 0.4) is 0 Å². The molecule has 1 rings (SSSR count). The fraction of sp³-hybridized carbons (Fsp3) is 0.273. The Morgan fingerprint density at radius 1 is 1.50 bits per heavy atom. The van der Waals surface area contributed by atoms with E-state index in [0.29, 0.717) is 0 Å². The van der Waals surface area contributed by atoms with Crippen molar-refractivity contribution in [2.24, 2.45) is 0 Å². The van der Waals surface area contributed by atoms with Crippen molar-refractivity contribution in [3.8, 4) is 0 Å². The van der Waals surface area contributed by atoms with Crippen LogP contribution in [0.25, 0.3) is 0 Å². The number of halogens is 1. The number of nitrogens with two attached hydrogens (primary N) is 1. The van der Waals surface area contributed by atoms with E-state index in [1.165, 1.54) is 5.57 Å². The number of thioether (sulfide) groups is 1. The van der Waals surface area contributed by atoms with Gasteiger partial charge in [-0.25, -0.2) is 0 Å². The second-order valence-corrected chi connectivity index (χ2v) is 4.69. The van der Waals surface area contributed by atoms with Crippen LogP contribution < -0.4 is 5.73 Å². The summed E-state index contributed by atoms with van der Waals surface area (Å²) in [5.41, 5.74) is 7.88. The van der Waals surface area contributed by atoms with Crippen molar-refractivity contribution in [1.29, 1.82) is 0 Å². The molecule has 3 heteroatoms. The van der Waals surface area contributed by atoms with Crippen molar-refractivity contribution < 1.29 is 0 Å². The molecule has 0 bridgehead atoms. The molecule has 0 spiro atoms. The van der Waals surface area contributed by atoms with Gasteiger partial charge in [0.05, 0.1) is 5.02 Å². The third-order valence-electron chi connectivity index (χ3n) is 1.72. The molecule has 0 amide bonds. The van der Waals surface area contributed by atoms with E-state index in [0.717, 1.165) is 21.4 Å². The topological polar surface area (TPSA) is 26.0 Å². The molecule has 1 aromatic rings. The van der Waals surface area contributed by atoms with Gasteiger partial charge in [-0.15, -0.1) is 11.8 Å². The number of hydrogen-bond acceptors (Lipinski definition) is 2. The number of nitrogen functional groups attached to an aromatic ring is 1. The molecule has 0 saturated heterocycles. The molecule has 76 valence electrons. The van der Waals surface area contributed by atoms with Crippen molar-refractivity contribution in [3.63, 3.8) is 0 Å². The molecule has 14 heavy (non-hydrogen) atoms. The first-order valence-electron chi connectivity index (χ1n) is 4.41. The quantitative estimate of drug-likeness (QED) is 0.480. The lowest BCUT2D eigenvalue weighted by Crippen LogP contribution is -1.89. The lowest BCUT2D eigenvalue weighted by molar-refractivity contribution is 1.36. The molecular weight excluding hydrogens is 214 g/mol. The molecule has 0 aliphatic rings. The fourth-order valence-electron chi connectivity index (χ4n) is 0.969. The smallest absolute Gasteiger partial charge is 0.0562 e. The van der Waals surface area contributed by atoms with Crippen molar-refractivity contribution in [2.45, 2.75) is 18.7 Å². The van der Waals surface area contributed by atoms with Crippen LogP contribution in [0.1, 0.15) is 13.8 Å². The summed E-state index contributed by atoms with van der Waals surface area (Å²) in [5, 5.41) is 0.733. The lowest BCUT2D eigenvalue weighted by atomic mass is 10.3. The zero-order valence-electron chi connectivity index (χ0n) is 8.38. The number of rotatable bonds is 3. The first-order valence-corrected chi connectivity index (χ1v) is 5.77. The Labute approximate surface area is 94.3 Å². The molecule has 1 aromatic carbocycles. The van der Waals surface area contributed by atoms with Gasteiger partial charge >= 0.3 is 0 Å². The third kappa shape index (κ3) is 3.28. The minimum absolute atomic E-state index is 0.733. The predicted molar refractivity (Wildman–Crippen MR) is 66.0 cm³/mol. The van der Waals surface area contributed by atoms with Gasteiger partial charge in [0, 0.05) is 16.3 Å². The van der Waals surface area contributed by atoms with E-state index in [4.69, 9.17) is 17.3 Å². The van der Waals surface area contributed by atoms with E-state index < -0.39 is 0 Å². The summed E-state index contributed by atoms with van der Waals surface area (Å²) < 4.78 is 0. The van der Waals surface area contributed by atoms with Crippen LogP contribution in [0, 0.1) is 0 Å². The van der Waals surface area contributed by atoms with Gasteiger partial charge in [0.15, 0.2) is 0 Å². The first kappa shape index (κ1) is 11.5. The molecule has 2 N–H and O–H groups in total. The zero-order valence-corrected chi connectivity index (χ0v) is 9.95. The maximum absolute atomic E-state index is 6.02. The number of allylic oxidation sites excluding steroid dienone is 1. The minimum atomic E-state index is 0.733. The molecule has 0 aliphatic carbocycles. The summed E-state index contributed by atoms with van der Waals surface area (Å²) in [4.78, 5) is 0.978. The van der Waals surface area contributed by atoms with Crippen molar-refractivity contribution >= 4 is 29.1 Å². The van der Waals surface area contributed by atoms with Gasteiger partial charge in [-0.1, -0.05) is 29.3 Å². The highest BCUT2D eigenvalue weighted by atomic mass is 35.5. The summed E-state index contributed by atoms with van der Waals surface area (Å²) in [5.74, 6) is 0.913. The summed E-state index contributed by atoms with van der Waals surface area (Å²) in [6, 6.07) is 5.60. The molecule has 0 heterocycles. The minimum Gasteiger partial charge on any atom is -0.398 e. The average Bonchev–Trinajstić information content (AvgIpc) is 2.09. The van der Waals surface area contributed by atoms with Gasteiger partial charge in [-0.05, 0) is 26.0 Å². The Hall–Kier alpha value is -0.600. The van der Waals surface area contributed by atoms with E-state index in [9.17, 15) is 0 Å². The number of hydrogen-bond donors (Lipinski definition) is 1. The Morgan fingerprint density at radius 3 is 2.79 bits per heavy atom. The van der Waals surface area contributed by atoms with Gasteiger partial charge < -0.3 is 5.73 Å². The van der Waals surface area contributed by atoms with Crippen LogP contribution in [0.2, 0.25) is 5.02 Å². The fourth-order valence-corrected chi connectivity index (χ4v) is 2.34. The van der Waals surface area contributed by atoms with E-state index in [1.54, 1.807) is 11.8 Å². The third-order valence-corrected chi connectivity index (χ3v) is 3.22. The molecule has 0 atom stereocenters. The molecule has 0 fully saturated rings.